The number of carboxylic acids is 1. The van der Waals surface area contributed by atoms with E-state index >= 15 is 0 Å². The monoisotopic (exact) mass is 262 g/mol. The zero-order chi connectivity index (χ0) is 14.1. The molecule has 0 amide bonds. The molecule has 0 rings (SSSR count). The first kappa shape index (κ1) is 16.1. The zero-order valence-corrected chi connectivity index (χ0v) is 9.76. The molecule has 0 aromatic rings. The van der Waals surface area contributed by atoms with Gasteiger partial charge in [0.1, 0.15) is 12.6 Å². The Morgan fingerprint density at radius 1 is 1.44 bits per heavy atom. The van der Waals surface area contributed by atoms with Gasteiger partial charge in [-0.15, -0.1) is 0 Å². The number of nitrogens with two attached hydrogens (primary N) is 2. The smallest absolute Gasteiger partial charge is 0.325 e. The quantitative estimate of drug-likeness (QED) is 0.159. The van der Waals surface area contributed by atoms with E-state index in [0.717, 1.165) is 0 Å². The van der Waals surface area contributed by atoms with E-state index in [1.165, 1.54) is 0 Å². The number of aliphatic hydroxyl groups excluding tert-OH is 1. The molecule has 0 saturated heterocycles. The number of carbonyl (C=O) groups excluding carboxylic acids is 1. The summed E-state index contributed by atoms with van der Waals surface area (Å²) in [5, 5.41) is 27.2. The topological polar surface area (TPSA) is 172 Å². The number of carboxylic acid groups (broad SMARTS) is 1. The van der Waals surface area contributed by atoms with Crippen molar-refractivity contribution in [2.24, 2.45) is 11.5 Å². The standard InChI is InChI=1S/C9H18N4O5/c10-7(5(14)1-3-13-9(11)12)8(17)18-4-2-6(15)16/h5,7,14H,1-4,10H2,(H,15,16)(H4,11,12,13)/t5?,7-/m0/s1. The number of esters is 1. The predicted octanol–water partition coefficient (Wildman–Crippen LogP) is -2.43. The largest absolute Gasteiger partial charge is 0.481 e. The van der Waals surface area contributed by atoms with E-state index in [9.17, 15) is 14.7 Å². The second-order valence-electron chi connectivity index (χ2n) is 3.53. The molecule has 0 spiro atoms. The molecule has 9 nitrogen and oxygen atoms in total. The molecule has 0 saturated carbocycles. The first-order valence-corrected chi connectivity index (χ1v) is 5.24. The first-order chi connectivity index (χ1) is 8.34. The third-order valence-electron chi connectivity index (χ3n) is 2.00. The highest BCUT2D eigenvalue weighted by Gasteiger charge is 2.23. The molecule has 0 aliphatic heterocycles. The predicted molar refractivity (Wildman–Crippen MR) is 61.7 cm³/mol. The molecule has 1 unspecified atom stereocenters. The molecule has 8 N–H and O–H groups in total. The fourth-order valence-corrected chi connectivity index (χ4v) is 1.03. The van der Waals surface area contributed by atoms with E-state index in [2.05, 4.69) is 10.1 Å². The van der Waals surface area contributed by atoms with Crippen LogP contribution in [0.1, 0.15) is 12.8 Å². The van der Waals surface area contributed by atoms with Gasteiger partial charge < -0.3 is 31.7 Å². The minimum atomic E-state index is -1.26. The fourth-order valence-electron chi connectivity index (χ4n) is 1.03. The Balaban J connectivity index is 3.89. The minimum absolute atomic E-state index is 0.106. The zero-order valence-electron chi connectivity index (χ0n) is 9.76. The summed E-state index contributed by atoms with van der Waals surface area (Å²) in [6.45, 7) is -0.104. The summed E-state index contributed by atoms with van der Waals surface area (Å²) in [5.74, 6) is -2.21. The number of carbonyl (C=O) groups is 2. The molecule has 0 radical (unpaired) electrons. The van der Waals surface area contributed by atoms with Crippen LogP contribution in [0, 0.1) is 5.41 Å². The van der Waals surface area contributed by atoms with Crippen LogP contribution in [0.15, 0.2) is 0 Å². The fraction of sp³-hybridized carbons (Fsp3) is 0.667. The van der Waals surface area contributed by atoms with E-state index < -0.39 is 24.1 Å². The number of nitrogens with one attached hydrogen (secondary N) is 2. The van der Waals surface area contributed by atoms with E-state index in [1.54, 1.807) is 0 Å². The van der Waals surface area contributed by atoms with Crippen LogP contribution in [-0.2, 0) is 14.3 Å². The van der Waals surface area contributed by atoms with Crippen LogP contribution in [0.2, 0.25) is 0 Å². The van der Waals surface area contributed by atoms with Crippen molar-refractivity contribution in [3.8, 4) is 0 Å². The van der Waals surface area contributed by atoms with Crippen molar-refractivity contribution in [1.29, 1.82) is 5.41 Å². The van der Waals surface area contributed by atoms with Gasteiger partial charge in [-0.25, -0.2) is 0 Å². The lowest BCUT2D eigenvalue weighted by molar-refractivity contribution is -0.150. The summed E-state index contributed by atoms with van der Waals surface area (Å²) in [7, 11) is 0. The number of aliphatic hydroxyl groups is 1. The second kappa shape index (κ2) is 8.25. The van der Waals surface area contributed by atoms with Gasteiger partial charge in [0.15, 0.2) is 5.96 Å². The molecular formula is C9H18N4O5. The highest BCUT2D eigenvalue weighted by molar-refractivity contribution is 5.77. The molecule has 0 aliphatic carbocycles. The molecule has 18 heavy (non-hydrogen) atoms. The first-order valence-electron chi connectivity index (χ1n) is 5.24. The Hall–Kier alpha value is -1.87. The average molecular weight is 262 g/mol. The maximum atomic E-state index is 11.3. The Bertz CT molecular complexity index is 309. The van der Waals surface area contributed by atoms with Crippen LogP contribution in [0.3, 0.4) is 0 Å². The van der Waals surface area contributed by atoms with Gasteiger partial charge in [-0.3, -0.25) is 15.0 Å². The van der Waals surface area contributed by atoms with E-state index in [4.69, 9.17) is 22.0 Å². The number of hydrogen-bond acceptors (Lipinski definition) is 6. The molecule has 0 aromatic carbocycles. The number of aliphatic carboxylic acids is 1. The van der Waals surface area contributed by atoms with E-state index in [0.29, 0.717) is 0 Å². The Morgan fingerprint density at radius 2 is 2.06 bits per heavy atom. The highest BCUT2D eigenvalue weighted by Crippen LogP contribution is 1.99. The normalized spacial score (nSPS) is 13.4. The maximum Gasteiger partial charge on any atom is 0.325 e. The van der Waals surface area contributed by atoms with Gasteiger partial charge in [0.05, 0.1) is 12.5 Å². The summed E-state index contributed by atoms with van der Waals surface area (Å²) >= 11 is 0. The molecule has 9 heteroatoms. The molecular weight excluding hydrogens is 244 g/mol. The van der Waals surface area contributed by atoms with Crippen molar-refractivity contribution in [2.75, 3.05) is 13.2 Å². The van der Waals surface area contributed by atoms with Crippen LogP contribution < -0.4 is 16.8 Å². The maximum absolute atomic E-state index is 11.3. The van der Waals surface area contributed by atoms with Crippen LogP contribution in [0.4, 0.5) is 0 Å². The molecule has 0 heterocycles. The van der Waals surface area contributed by atoms with Crippen molar-refractivity contribution < 1.29 is 24.5 Å². The molecule has 2 atom stereocenters. The molecule has 104 valence electrons. The number of rotatable bonds is 8. The molecule has 0 aliphatic rings. The summed E-state index contributed by atoms with van der Waals surface area (Å²) < 4.78 is 4.57. The highest BCUT2D eigenvalue weighted by atomic mass is 16.5. The van der Waals surface area contributed by atoms with Gasteiger partial charge in [-0.2, -0.15) is 0 Å². The van der Waals surface area contributed by atoms with Crippen LogP contribution >= 0.6 is 0 Å². The average Bonchev–Trinajstić information content (AvgIpc) is 2.26. The van der Waals surface area contributed by atoms with Gasteiger partial charge in [-0.05, 0) is 6.42 Å². The van der Waals surface area contributed by atoms with Gasteiger partial charge in [0.25, 0.3) is 0 Å². The van der Waals surface area contributed by atoms with Crippen LogP contribution in [-0.4, -0.2) is 53.4 Å². The second-order valence-corrected chi connectivity index (χ2v) is 3.53. The van der Waals surface area contributed by atoms with Crippen molar-refractivity contribution >= 4 is 17.9 Å². The Kier molecular flexibility index (Phi) is 7.40. The third kappa shape index (κ3) is 7.41. The molecule has 0 aromatic heterocycles. The lowest BCUT2D eigenvalue weighted by Crippen LogP contribution is -2.45. The van der Waals surface area contributed by atoms with Gasteiger partial charge in [0, 0.05) is 6.54 Å². The van der Waals surface area contributed by atoms with Gasteiger partial charge in [-0.1, -0.05) is 0 Å². The Labute approximate surface area is 104 Å². The Morgan fingerprint density at radius 3 is 2.56 bits per heavy atom. The lowest BCUT2D eigenvalue weighted by Gasteiger charge is -2.17. The summed E-state index contributed by atoms with van der Waals surface area (Å²) in [5.41, 5.74) is 10.4. The minimum Gasteiger partial charge on any atom is -0.481 e. The van der Waals surface area contributed by atoms with Crippen LogP contribution in [0.25, 0.3) is 0 Å². The number of hydrogen-bond donors (Lipinski definition) is 6. The SMILES string of the molecule is N=C(N)NCCC(O)[C@H](N)C(=O)OCCC(=O)O. The lowest BCUT2D eigenvalue weighted by atomic mass is 10.1. The molecule has 0 bridgehead atoms. The van der Waals surface area contributed by atoms with Gasteiger partial charge in [0.2, 0.25) is 0 Å². The summed E-state index contributed by atoms with van der Waals surface area (Å²) in [6.07, 6.45) is -1.37. The van der Waals surface area contributed by atoms with E-state index in [1.807, 2.05) is 0 Å². The number of ether oxygens (including phenoxy) is 1. The van der Waals surface area contributed by atoms with Crippen molar-refractivity contribution in [1.82, 2.24) is 5.32 Å². The van der Waals surface area contributed by atoms with Crippen molar-refractivity contribution in [3.63, 3.8) is 0 Å². The number of guanidine groups is 1. The van der Waals surface area contributed by atoms with Gasteiger partial charge >= 0.3 is 11.9 Å². The van der Waals surface area contributed by atoms with E-state index in [-0.39, 0.29) is 32.0 Å². The van der Waals surface area contributed by atoms with Crippen molar-refractivity contribution in [2.45, 2.75) is 25.0 Å². The van der Waals surface area contributed by atoms with Crippen molar-refractivity contribution in [3.05, 3.63) is 0 Å². The third-order valence-corrected chi connectivity index (χ3v) is 2.00. The summed E-state index contributed by atoms with van der Waals surface area (Å²) in [4.78, 5) is 21.5. The summed E-state index contributed by atoms with van der Waals surface area (Å²) in [6, 6.07) is -1.26. The van der Waals surface area contributed by atoms with Crippen LogP contribution in [0.5, 0.6) is 0 Å². The molecule has 0 fully saturated rings.